The van der Waals surface area contributed by atoms with Crippen molar-refractivity contribution in [3.05, 3.63) is 47.5 Å². The van der Waals surface area contributed by atoms with Gasteiger partial charge in [-0.15, -0.1) is 0 Å². The summed E-state index contributed by atoms with van der Waals surface area (Å²) in [5.41, 5.74) is 1.62. The molecule has 3 rings (SSSR count). The van der Waals surface area contributed by atoms with Crippen LogP contribution in [0.5, 0.6) is 0 Å². The molecule has 1 aromatic heterocycles. The summed E-state index contributed by atoms with van der Waals surface area (Å²) in [6, 6.07) is 5.55. The standard InChI is InChI=1S/C13H13FN2O3S/c14-10-2-1-9-3-4-16(13(9)5-10)20(18,19)12-6-11(8-17)15-7-12/h1-2,5-7,15,17H,3-4,8H2. The molecule has 0 bridgehead atoms. The first-order chi connectivity index (χ1) is 9.52. The molecule has 20 heavy (non-hydrogen) atoms. The van der Waals surface area contributed by atoms with Crippen molar-refractivity contribution in [2.24, 2.45) is 0 Å². The van der Waals surface area contributed by atoms with E-state index in [1.165, 1.54) is 28.7 Å². The Morgan fingerprint density at radius 1 is 1.35 bits per heavy atom. The minimum absolute atomic E-state index is 0.0682. The van der Waals surface area contributed by atoms with Crippen LogP contribution in [0.3, 0.4) is 0 Å². The highest BCUT2D eigenvalue weighted by atomic mass is 32.2. The molecule has 0 aliphatic carbocycles. The second-order valence-electron chi connectivity index (χ2n) is 4.62. The predicted octanol–water partition coefficient (Wildman–Crippen LogP) is 1.40. The van der Waals surface area contributed by atoms with Crippen LogP contribution < -0.4 is 4.31 Å². The number of anilines is 1. The maximum absolute atomic E-state index is 13.3. The van der Waals surface area contributed by atoms with Gasteiger partial charge in [0.15, 0.2) is 0 Å². The quantitative estimate of drug-likeness (QED) is 0.899. The second kappa shape index (κ2) is 4.60. The maximum atomic E-state index is 13.3. The van der Waals surface area contributed by atoms with Gasteiger partial charge in [-0.25, -0.2) is 12.8 Å². The molecule has 0 atom stereocenters. The molecule has 0 fully saturated rings. The lowest BCUT2D eigenvalue weighted by Crippen LogP contribution is -2.28. The fraction of sp³-hybridized carbons (Fsp3) is 0.231. The van der Waals surface area contributed by atoms with E-state index in [4.69, 9.17) is 5.11 Å². The van der Waals surface area contributed by atoms with Gasteiger partial charge in [0.25, 0.3) is 10.0 Å². The molecule has 0 unspecified atom stereocenters. The van der Waals surface area contributed by atoms with Gasteiger partial charge in [0.05, 0.1) is 12.3 Å². The first-order valence-corrected chi connectivity index (χ1v) is 7.55. The van der Waals surface area contributed by atoms with Crippen molar-refractivity contribution in [1.82, 2.24) is 4.98 Å². The molecule has 0 amide bonds. The van der Waals surface area contributed by atoms with E-state index in [1.807, 2.05) is 0 Å². The maximum Gasteiger partial charge on any atom is 0.265 e. The highest BCUT2D eigenvalue weighted by molar-refractivity contribution is 7.92. The molecule has 2 heterocycles. The molecule has 2 aromatic rings. The molecule has 2 N–H and O–H groups in total. The van der Waals surface area contributed by atoms with E-state index in [9.17, 15) is 12.8 Å². The van der Waals surface area contributed by atoms with Gasteiger partial charge in [-0.3, -0.25) is 4.31 Å². The van der Waals surface area contributed by atoms with Crippen LogP contribution in [0.15, 0.2) is 35.4 Å². The van der Waals surface area contributed by atoms with Crippen LogP contribution in [-0.2, 0) is 23.1 Å². The van der Waals surface area contributed by atoms with Crippen molar-refractivity contribution in [3.8, 4) is 0 Å². The van der Waals surface area contributed by atoms with Gasteiger partial charge in [-0.05, 0) is 30.2 Å². The number of sulfonamides is 1. The summed E-state index contributed by atoms with van der Waals surface area (Å²) in [5.74, 6) is -0.462. The lowest BCUT2D eigenvalue weighted by atomic mass is 10.2. The molecule has 1 aromatic carbocycles. The summed E-state index contributed by atoms with van der Waals surface area (Å²) < 4.78 is 39.6. The minimum Gasteiger partial charge on any atom is -0.390 e. The average Bonchev–Trinajstić information content (AvgIpc) is 3.05. The van der Waals surface area contributed by atoms with E-state index in [1.54, 1.807) is 6.07 Å². The first-order valence-electron chi connectivity index (χ1n) is 6.11. The minimum atomic E-state index is -3.73. The number of aliphatic hydroxyl groups excluding tert-OH is 1. The van der Waals surface area contributed by atoms with E-state index in [0.717, 1.165) is 5.56 Å². The summed E-state index contributed by atoms with van der Waals surface area (Å²) >= 11 is 0. The van der Waals surface area contributed by atoms with Crippen LogP contribution in [0.2, 0.25) is 0 Å². The number of nitrogens with one attached hydrogen (secondary N) is 1. The van der Waals surface area contributed by atoms with Crippen LogP contribution >= 0.6 is 0 Å². The molecule has 1 aliphatic rings. The number of aromatic nitrogens is 1. The highest BCUT2D eigenvalue weighted by Gasteiger charge is 2.31. The Hall–Kier alpha value is -1.86. The lowest BCUT2D eigenvalue weighted by molar-refractivity contribution is 0.277. The predicted molar refractivity (Wildman–Crippen MR) is 71.4 cm³/mol. The third-order valence-corrected chi connectivity index (χ3v) is 5.17. The summed E-state index contributed by atoms with van der Waals surface area (Å²) in [6.07, 6.45) is 1.89. The molecule has 0 saturated carbocycles. The van der Waals surface area contributed by atoms with Crippen LogP contribution in [0.1, 0.15) is 11.3 Å². The van der Waals surface area contributed by atoms with Crippen LogP contribution in [0.4, 0.5) is 10.1 Å². The van der Waals surface area contributed by atoms with Gasteiger partial charge in [-0.2, -0.15) is 0 Å². The molecule has 0 saturated heterocycles. The Balaban J connectivity index is 2.04. The van der Waals surface area contributed by atoms with Gasteiger partial charge in [0, 0.05) is 18.4 Å². The summed E-state index contributed by atoms with van der Waals surface area (Å²) in [7, 11) is -3.73. The Kier molecular flexibility index (Phi) is 3.02. The number of aromatic amines is 1. The molecule has 5 nitrogen and oxygen atoms in total. The van der Waals surface area contributed by atoms with Crippen molar-refractivity contribution < 1.29 is 17.9 Å². The number of H-pyrrole nitrogens is 1. The van der Waals surface area contributed by atoms with Crippen LogP contribution in [0, 0.1) is 5.82 Å². The third-order valence-electron chi connectivity index (χ3n) is 3.37. The topological polar surface area (TPSA) is 73.4 Å². The Morgan fingerprint density at radius 3 is 2.85 bits per heavy atom. The molecule has 1 aliphatic heterocycles. The van der Waals surface area contributed by atoms with E-state index < -0.39 is 15.8 Å². The fourth-order valence-corrected chi connectivity index (χ4v) is 3.87. The third kappa shape index (κ3) is 1.99. The normalized spacial score (nSPS) is 14.6. The van der Waals surface area contributed by atoms with Gasteiger partial charge in [0.2, 0.25) is 0 Å². The number of benzene rings is 1. The Bertz CT molecular complexity index is 755. The van der Waals surface area contributed by atoms with Gasteiger partial charge in [0.1, 0.15) is 10.7 Å². The number of hydrogen-bond donors (Lipinski definition) is 2. The lowest BCUT2D eigenvalue weighted by Gasteiger charge is -2.18. The monoisotopic (exact) mass is 296 g/mol. The number of rotatable bonds is 3. The smallest absolute Gasteiger partial charge is 0.265 e. The molecule has 0 spiro atoms. The van der Waals surface area contributed by atoms with E-state index in [0.29, 0.717) is 24.3 Å². The molecular formula is C13H13FN2O3S. The Morgan fingerprint density at radius 2 is 2.15 bits per heavy atom. The largest absolute Gasteiger partial charge is 0.390 e. The number of aliphatic hydroxyl groups is 1. The van der Waals surface area contributed by atoms with E-state index in [-0.39, 0.29) is 11.5 Å². The number of hydrogen-bond acceptors (Lipinski definition) is 3. The number of fused-ring (bicyclic) bond motifs is 1. The van der Waals surface area contributed by atoms with Crippen molar-refractivity contribution in [2.45, 2.75) is 17.9 Å². The van der Waals surface area contributed by atoms with Crippen LogP contribution in [0.25, 0.3) is 0 Å². The van der Waals surface area contributed by atoms with Crippen molar-refractivity contribution in [1.29, 1.82) is 0 Å². The summed E-state index contributed by atoms with van der Waals surface area (Å²) in [4.78, 5) is 2.76. The summed E-state index contributed by atoms with van der Waals surface area (Å²) in [6.45, 7) is 0.0293. The van der Waals surface area contributed by atoms with Crippen molar-refractivity contribution >= 4 is 15.7 Å². The highest BCUT2D eigenvalue weighted by Crippen LogP contribution is 2.33. The molecular weight excluding hydrogens is 283 g/mol. The van der Waals surface area contributed by atoms with Crippen molar-refractivity contribution in [2.75, 3.05) is 10.8 Å². The molecule has 7 heteroatoms. The van der Waals surface area contributed by atoms with E-state index in [2.05, 4.69) is 4.98 Å². The van der Waals surface area contributed by atoms with E-state index >= 15 is 0 Å². The first kappa shape index (κ1) is 13.1. The molecule has 0 radical (unpaired) electrons. The number of nitrogens with zero attached hydrogens (tertiary/aromatic N) is 1. The zero-order chi connectivity index (χ0) is 14.3. The van der Waals surface area contributed by atoms with Gasteiger partial charge >= 0.3 is 0 Å². The zero-order valence-electron chi connectivity index (χ0n) is 10.5. The average molecular weight is 296 g/mol. The number of halogens is 1. The SMILES string of the molecule is O=S(=O)(c1c[nH]c(CO)c1)N1CCc2ccc(F)cc21. The Labute approximate surface area is 115 Å². The van der Waals surface area contributed by atoms with Gasteiger partial charge in [-0.1, -0.05) is 6.07 Å². The second-order valence-corrected chi connectivity index (χ2v) is 6.48. The van der Waals surface area contributed by atoms with Crippen LogP contribution in [-0.4, -0.2) is 25.1 Å². The summed E-state index contributed by atoms with van der Waals surface area (Å²) in [5, 5.41) is 8.99. The fourth-order valence-electron chi connectivity index (χ4n) is 2.36. The van der Waals surface area contributed by atoms with Crippen molar-refractivity contribution in [3.63, 3.8) is 0 Å². The zero-order valence-corrected chi connectivity index (χ0v) is 11.3. The van der Waals surface area contributed by atoms with Gasteiger partial charge < -0.3 is 10.1 Å². The molecule has 106 valence electrons.